The molecule has 0 saturated carbocycles. The minimum Gasteiger partial charge on any atom is -0.473 e. The number of pyridine rings is 1. The fourth-order valence-electron chi connectivity index (χ4n) is 3.29. The van der Waals surface area contributed by atoms with Gasteiger partial charge in [0.2, 0.25) is 5.88 Å². The topological polar surface area (TPSA) is 96.4 Å². The van der Waals surface area contributed by atoms with Crippen LogP contribution in [-0.2, 0) is 0 Å². The Hall–Kier alpha value is -3.66. The third kappa shape index (κ3) is 3.45. The van der Waals surface area contributed by atoms with Gasteiger partial charge >= 0.3 is 5.63 Å². The quantitative estimate of drug-likeness (QED) is 0.653. The molecule has 3 heterocycles. The van der Waals surface area contributed by atoms with Crippen molar-refractivity contribution in [3.05, 3.63) is 70.2 Å². The lowest BCUT2D eigenvalue weighted by Gasteiger charge is -2.31. The number of para-hydroxylation sites is 1. The van der Waals surface area contributed by atoms with Gasteiger partial charge in [-0.3, -0.25) is 4.79 Å². The first kappa shape index (κ1) is 17.7. The van der Waals surface area contributed by atoms with E-state index in [9.17, 15) is 9.59 Å². The highest BCUT2D eigenvalue weighted by molar-refractivity contribution is 5.96. The Morgan fingerprint density at radius 2 is 2.00 bits per heavy atom. The zero-order valence-electron chi connectivity index (χ0n) is 15.0. The van der Waals surface area contributed by atoms with E-state index in [4.69, 9.17) is 14.4 Å². The number of carbonyl (C=O) groups is 1. The van der Waals surface area contributed by atoms with Gasteiger partial charge in [-0.2, -0.15) is 5.26 Å². The number of hydrogen-bond acceptors (Lipinski definition) is 6. The number of nitrogens with zero attached hydrogens (tertiary/aromatic N) is 3. The number of likely N-dealkylation sites (tertiary alicyclic amines) is 1. The smallest absolute Gasteiger partial charge is 0.349 e. The zero-order valence-corrected chi connectivity index (χ0v) is 15.0. The molecule has 0 bridgehead atoms. The molecule has 0 N–H and O–H groups in total. The van der Waals surface area contributed by atoms with Gasteiger partial charge in [0.15, 0.2) is 0 Å². The van der Waals surface area contributed by atoms with Crippen LogP contribution in [0.25, 0.3) is 11.0 Å². The summed E-state index contributed by atoms with van der Waals surface area (Å²) in [5, 5.41) is 9.84. The van der Waals surface area contributed by atoms with E-state index in [1.54, 1.807) is 47.5 Å². The van der Waals surface area contributed by atoms with Gasteiger partial charge in [-0.25, -0.2) is 9.78 Å². The number of benzene rings is 1. The van der Waals surface area contributed by atoms with Gasteiger partial charge in [0.05, 0.1) is 0 Å². The second-order valence-corrected chi connectivity index (χ2v) is 6.56. The lowest BCUT2D eigenvalue weighted by Crippen LogP contribution is -2.43. The van der Waals surface area contributed by atoms with Crippen molar-refractivity contribution in [1.82, 2.24) is 9.88 Å². The average Bonchev–Trinajstić information content (AvgIpc) is 2.73. The summed E-state index contributed by atoms with van der Waals surface area (Å²) in [7, 11) is 0. The van der Waals surface area contributed by atoms with E-state index in [1.165, 1.54) is 0 Å². The molecule has 2 aromatic heterocycles. The molecule has 7 nitrogen and oxygen atoms in total. The first-order valence-electron chi connectivity index (χ1n) is 8.99. The molecule has 1 saturated heterocycles. The van der Waals surface area contributed by atoms with Gasteiger partial charge in [0.25, 0.3) is 5.91 Å². The minimum absolute atomic E-state index is 0.0366. The van der Waals surface area contributed by atoms with Crippen molar-refractivity contribution >= 4 is 16.9 Å². The number of carbonyl (C=O) groups excluding carboxylic acids is 1. The van der Waals surface area contributed by atoms with Crippen LogP contribution in [0.4, 0.5) is 0 Å². The number of ether oxygens (including phenoxy) is 1. The molecule has 28 heavy (non-hydrogen) atoms. The maximum atomic E-state index is 12.8. The van der Waals surface area contributed by atoms with Crippen molar-refractivity contribution < 1.29 is 13.9 Å². The Morgan fingerprint density at radius 3 is 2.79 bits per heavy atom. The van der Waals surface area contributed by atoms with E-state index in [1.807, 2.05) is 6.07 Å². The average molecular weight is 375 g/mol. The van der Waals surface area contributed by atoms with E-state index in [0.717, 1.165) is 0 Å². The molecular weight excluding hydrogens is 358 g/mol. The number of aromatic nitrogens is 1. The Kier molecular flexibility index (Phi) is 4.77. The number of rotatable bonds is 3. The van der Waals surface area contributed by atoms with Crippen LogP contribution < -0.4 is 10.4 Å². The van der Waals surface area contributed by atoms with E-state index < -0.39 is 5.63 Å². The molecular formula is C21H17N3O4. The number of piperidine rings is 1. The lowest BCUT2D eigenvalue weighted by atomic mass is 10.1. The Bertz CT molecular complexity index is 1120. The summed E-state index contributed by atoms with van der Waals surface area (Å²) in [5.41, 5.74) is 0.248. The molecule has 1 aromatic carbocycles. The van der Waals surface area contributed by atoms with Crippen LogP contribution >= 0.6 is 0 Å². The molecule has 4 rings (SSSR count). The molecule has 0 radical (unpaired) electrons. The molecule has 7 heteroatoms. The molecule has 1 amide bonds. The summed E-state index contributed by atoms with van der Waals surface area (Å²) in [5.74, 6) is -0.0292. The van der Waals surface area contributed by atoms with Crippen molar-refractivity contribution in [1.29, 1.82) is 5.26 Å². The van der Waals surface area contributed by atoms with Crippen molar-refractivity contribution in [2.45, 2.75) is 18.9 Å². The van der Waals surface area contributed by atoms with Crippen LogP contribution in [0, 0.1) is 11.3 Å². The molecule has 0 aliphatic carbocycles. The Balaban J connectivity index is 1.45. The van der Waals surface area contributed by atoms with Gasteiger partial charge < -0.3 is 14.1 Å². The first-order chi connectivity index (χ1) is 13.7. The van der Waals surface area contributed by atoms with Crippen LogP contribution in [0.15, 0.2) is 57.9 Å². The standard InChI is InChI=1S/C21H17N3O4/c22-13-15-5-3-9-23-19(15)27-16-7-10-24(11-8-16)20(25)17-12-14-4-1-2-6-18(14)28-21(17)26/h1-6,9,12,16H,7-8,10-11H2. The summed E-state index contributed by atoms with van der Waals surface area (Å²) in [6.45, 7) is 0.898. The van der Waals surface area contributed by atoms with Crippen LogP contribution in [-0.4, -0.2) is 35.0 Å². The third-order valence-electron chi connectivity index (χ3n) is 4.77. The van der Waals surface area contributed by atoms with Gasteiger partial charge in [-0.15, -0.1) is 0 Å². The van der Waals surface area contributed by atoms with Crippen LogP contribution in [0.2, 0.25) is 0 Å². The predicted octanol–water partition coefficient (Wildman–Crippen LogP) is 2.74. The van der Waals surface area contributed by atoms with Crippen molar-refractivity contribution in [2.75, 3.05) is 13.1 Å². The van der Waals surface area contributed by atoms with E-state index in [-0.39, 0.29) is 17.6 Å². The van der Waals surface area contributed by atoms with Crippen LogP contribution in [0.1, 0.15) is 28.8 Å². The van der Waals surface area contributed by atoms with Crippen molar-refractivity contribution in [3.8, 4) is 11.9 Å². The molecule has 0 atom stereocenters. The number of hydrogen-bond donors (Lipinski definition) is 0. The molecule has 1 aliphatic heterocycles. The van der Waals surface area contributed by atoms with Gasteiger partial charge in [0, 0.05) is 37.5 Å². The van der Waals surface area contributed by atoms with Gasteiger partial charge in [0.1, 0.15) is 28.9 Å². The fourth-order valence-corrected chi connectivity index (χ4v) is 3.29. The van der Waals surface area contributed by atoms with Crippen LogP contribution in [0.5, 0.6) is 5.88 Å². The molecule has 0 unspecified atom stereocenters. The highest BCUT2D eigenvalue weighted by atomic mass is 16.5. The zero-order chi connectivity index (χ0) is 19.5. The number of amides is 1. The van der Waals surface area contributed by atoms with Crippen molar-refractivity contribution in [3.63, 3.8) is 0 Å². The van der Waals surface area contributed by atoms with Gasteiger partial charge in [-0.05, 0) is 24.3 Å². The second kappa shape index (κ2) is 7.53. The molecule has 0 spiro atoms. The summed E-state index contributed by atoms with van der Waals surface area (Å²) < 4.78 is 11.1. The number of nitriles is 1. The maximum Gasteiger partial charge on any atom is 0.349 e. The third-order valence-corrected chi connectivity index (χ3v) is 4.77. The second-order valence-electron chi connectivity index (χ2n) is 6.56. The van der Waals surface area contributed by atoms with Crippen LogP contribution in [0.3, 0.4) is 0 Å². The van der Waals surface area contributed by atoms with Gasteiger partial charge in [-0.1, -0.05) is 18.2 Å². The van der Waals surface area contributed by atoms with E-state index in [2.05, 4.69) is 11.1 Å². The SMILES string of the molecule is N#Cc1cccnc1OC1CCN(C(=O)c2cc3ccccc3oc2=O)CC1. The largest absolute Gasteiger partial charge is 0.473 e. The summed E-state index contributed by atoms with van der Waals surface area (Å²) in [4.78, 5) is 30.8. The predicted molar refractivity (Wildman–Crippen MR) is 101 cm³/mol. The summed E-state index contributed by atoms with van der Waals surface area (Å²) >= 11 is 0. The molecule has 3 aromatic rings. The van der Waals surface area contributed by atoms with E-state index >= 15 is 0 Å². The Labute approximate surface area is 160 Å². The molecule has 140 valence electrons. The highest BCUT2D eigenvalue weighted by Crippen LogP contribution is 2.21. The summed E-state index contributed by atoms with van der Waals surface area (Å²) in [6.07, 6.45) is 2.62. The lowest BCUT2D eigenvalue weighted by molar-refractivity contribution is 0.0583. The molecule has 1 fully saturated rings. The monoisotopic (exact) mass is 375 g/mol. The Morgan fingerprint density at radius 1 is 1.21 bits per heavy atom. The normalized spacial score (nSPS) is 14.6. The maximum absolute atomic E-state index is 12.8. The molecule has 1 aliphatic rings. The minimum atomic E-state index is -0.630. The number of fused-ring (bicyclic) bond motifs is 1. The fraction of sp³-hybridized carbons (Fsp3) is 0.238. The summed E-state index contributed by atoms with van der Waals surface area (Å²) in [6, 6.07) is 14.1. The van der Waals surface area contributed by atoms with Crippen molar-refractivity contribution in [2.24, 2.45) is 0 Å². The van der Waals surface area contributed by atoms with E-state index in [0.29, 0.717) is 48.3 Å². The first-order valence-corrected chi connectivity index (χ1v) is 8.99. The highest BCUT2D eigenvalue weighted by Gasteiger charge is 2.27.